The van der Waals surface area contributed by atoms with Crippen LogP contribution < -0.4 is 5.32 Å². The standard InChI is InChI=1S/C14H21N3O2/c1-4-15-13-6-5-12(7-16-13)14(18)17-8-11(3)19-9-10(17)2/h5-7,10-11H,4,8-9H2,1-3H3,(H,15,16). The average molecular weight is 263 g/mol. The fraction of sp³-hybridized carbons (Fsp3) is 0.571. The molecule has 104 valence electrons. The normalized spacial score (nSPS) is 23.2. The summed E-state index contributed by atoms with van der Waals surface area (Å²) in [5.41, 5.74) is 0.627. The lowest BCUT2D eigenvalue weighted by atomic mass is 10.1. The molecule has 1 N–H and O–H groups in total. The smallest absolute Gasteiger partial charge is 0.255 e. The molecule has 2 rings (SSSR count). The molecule has 5 nitrogen and oxygen atoms in total. The highest BCUT2D eigenvalue weighted by molar-refractivity contribution is 5.94. The van der Waals surface area contributed by atoms with Gasteiger partial charge in [0, 0.05) is 19.3 Å². The minimum Gasteiger partial charge on any atom is -0.375 e. The summed E-state index contributed by atoms with van der Waals surface area (Å²) in [7, 11) is 0. The lowest BCUT2D eigenvalue weighted by Gasteiger charge is -2.36. The van der Waals surface area contributed by atoms with Crippen molar-refractivity contribution in [1.29, 1.82) is 0 Å². The third-order valence-electron chi connectivity index (χ3n) is 3.24. The van der Waals surface area contributed by atoms with Crippen LogP contribution in [-0.2, 0) is 4.74 Å². The molecule has 0 radical (unpaired) electrons. The van der Waals surface area contributed by atoms with E-state index in [9.17, 15) is 4.79 Å². The molecule has 0 saturated carbocycles. The molecule has 0 bridgehead atoms. The molecule has 1 aromatic rings. The van der Waals surface area contributed by atoms with E-state index in [4.69, 9.17) is 4.74 Å². The van der Waals surface area contributed by atoms with Gasteiger partial charge in [-0.25, -0.2) is 4.98 Å². The number of hydrogen-bond acceptors (Lipinski definition) is 4. The van der Waals surface area contributed by atoms with Crippen molar-refractivity contribution in [1.82, 2.24) is 9.88 Å². The van der Waals surface area contributed by atoms with Crippen LogP contribution in [0.25, 0.3) is 0 Å². The van der Waals surface area contributed by atoms with E-state index in [1.165, 1.54) is 0 Å². The zero-order valence-corrected chi connectivity index (χ0v) is 11.7. The molecule has 2 unspecified atom stereocenters. The first kappa shape index (κ1) is 13.8. The van der Waals surface area contributed by atoms with E-state index in [0.717, 1.165) is 12.4 Å². The highest BCUT2D eigenvalue weighted by Crippen LogP contribution is 2.15. The second-order valence-electron chi connectivity index (χ2n) is 4.91. The summed E-state index contributed by atoms with van der Waals surface area (Å²) in [5, 5.41) is 3.11. The fourth-order valence-electron chi connectivity index (χ4n) is 2.16. The average Bonchev–Trinajstić information content (AvgIpc) is 2.42. The van der Waals surface area contributed by atoms with E-state index in [0.29, 0.717) is 18.7 Å². The molecular weight excluding hydrogens is 242 g/mol. The van der Waals surface area contributed by atoms with Crippen LogP contribution in [0.15, 0.2) is 18.3 Å². The van der Waals surface area contributed by atoms with Crippen molar-refractivity contribution in [2.45, 2.75) is 32.9 Å². The summed E-state index contributed by atoms with van der Waals surface area (Å²) in [4.78, 5) is 18.5. The summed E-state index contributed by atoms with van der Waals surface area (Å²) < 4.78 is 5.54. The number of pyridine rings is 1. The van der Waals surface area contributed by atoms with Crippen molar-refractivity contribution in [3.63, 3.8) is 0 Å². The van der Waals surface area contributed by atoms with Crippen molar-refractivity contribution >= 4 is 11.7 Å². The lowest BCUT2D eigenvalue weighted by Crippen LogP contribution is -2.50. The van der Waals surface area contributed by atoms with Crippen molar-refractivity contribution < 1.29 is 9.53 Å². The van der Waals surface area contributed by atoms with Gasteiger partial charge in [0.25, 0.3) is 5.91 Å². The van der Waals surface area contributed by atoms with E-state index in [1.54, 1.807) is 6.20 Å². The Hall–Kier alpha value is -1.62. The Balaban J connectivity index is 2.09. The van der Waals surface area contributed by atoms with Gasteiger partial charge in [0.05, 0.1) is 24.3 Å². The lowest BCUT2D eigenvalue weighted by molar-refractivity contribution is -0.0387. The van der Waals surface area contributed by atoms with Crippen LogP contribution in [0.3, 0.4) is 0 Å². The predicted molar refractivity (Wildman–Crippen MR) is 74.3 cm³/mol. The van der Waals surface area contributed by atoms with Gasteiger partial charge < -0.3 is 15.0 Å². The number of morpholine rings is 1. The van der Waals surface area contributed by atoms with Crippen LogP contribution in [0.1, 0.15) is 31.1 Å². The minimum absolute atomic E-state index is 0.0261. The van der Waals surface area contributed by atoms with Gasteiger partial charge in [0.15, 0.2) is 0 Å². The van der Waals surface area contributed by atoms with E-state index in [2.05, 4.69) is 10.3 Å². The second-order valence-corrected chi connectivity index (χ2v) is 4.91. The Labute approximate surface area is 114 Å². The number of amides is 1. The summed E-state index contributed by atoms with van der Waals surface area (Å²) >= 11 is 0. The molecule has 0 aromatic carbocycles. The molecule has 1 saturated heterocycles. The van der Waals surface area contributed by atoms with E-state index in [1.807, 2.05) is 37.8 Å². The first-order chi connectivity index (χ1) is 9.11. The maximum Gasteiger partial charge on any atom is 0.255 e. The Bertz CT molecular complexity index is 433. The molecule has 5 heteroatoms. The van der Waals surface area contributed by atoms with Crippen molar-refractivity contribution in [2.75, 3.05) is 25.0 Å². The third-order valence-corrected chi connectivity index (χ3v) is 3.24. The molecule has 0 spiro atoms. The topological polar surface area (TPSA) is 54.5 Å². The summed E-state index contributed by atoms with van der Waals surface area (Å²) in [6.07, 6.45) is 1.72. The SMILES string of the molecule is CCNc1ccc(C(=O)N2CC(C)OCC2C)cn1. The molecule has 2 atom stereocenters. The number of carbonyl (C=O) groups is 1. The van der Waals surface area contributed by atoms with Gasteiger partial charge in [-0.15, -0.1) is 0 Å². The molecule has 1 aliphatic rings. The van der Waals surface area contributed by atoms with Gasteiger partial charge >= 0.3 is 0 Å². The van der Waals surface area contributed by atoms with Crippen molar-refractivity contribution in [3.8, 4) is 0 Å². The quantitative estimate of drug-likeness (QED) is 0.903. The number of anilines is 1. The Kier molecular flexibility index (Phi) is 4.37. The Morgan fingerprint density at radius 1 is 1.53 bits per heavy atom. The van der Waals surface area contributed by atoms with E-state index < -0.39 is 0 Å². The van der Waals surface area contributed by atoms with Crippen LogP contribution in [0.2, 0.25) is 0 Å². The van der Waals surface area contributed by atoms with Gasteiger partial charge in [0.1, 0.15) is 5.82 Å². The van der Waals surface area contributed by atoms with E-state index >= 15 is 0 Å². The zero-order valence-electron chi connectivity index (χ0n) is 11.7. The van der Waals surface area contributed by atoms with Crippen molar-refractivity contribution in [2.24, 2.45) is 0 Å². The predicted octanol–water partition coefficient (Wildman–Crippen LogP) is 1.76. The molecule has 19 heavy (non-hydrogen) atoms. The van der Waals surface area contributed by atoms with Crippen LogP contribution in [0.4, 0.5) is 5.82 Å². The summed E-state index contributed by atoms with van der Waals surface area (Å²) in [5.74, 6) is 0.820. The molecular formula is C14H21N3O2. The number of aromatic nitrogens is 1. The fourth-order valence-corrected chi connectivity index (χ4v) is 2.16. The Morgan fingerprint density at radius 2 is 2.32 bits per heavy atom. The minimum atomic E-state index is 0.0261. The van der Waals surface area contributed by atoms with Gasteiger partial charge in [-0.05, 0) is 32.9 Å². The first-order valence-corrected chi connectivity index (χ1v) is 6.74. The number of nitrogens with one attached hydrogen (secondary N) is 1. The maximum atomic E-state index is 12.4. The number of nitrogens with zero attached hydrogens (tertiary/aromatic N) is 2. The van der Waals surface area contributed by atoms with Crippen LogP contribution in [0.5, 0.6) is 0 Å². The molecule has 1 amide bonds. The number of hydrogen-bond donors (Lipinski definition) is 1. The van der Waals surface area contributed by atoms with E-state index in [-0.39, 0.29) is 18.1 Å². The highest BCUT2D eigenvalue weighted by atomic mass is 16.5. The number of rotatable bonds is 3. The number of carbonyl (C=O) groups excluding carboxylic acids is 1. The maximum absolute atomic E-state index is 12.4. The monoisotopic (exact) mass is 263 g/mol. The van der Waals surface area contributed by atoms with Crippen LogP contribution in [0, 0.1) is 0 Å². The van der Waals surface area contributed by atoms with Crippen molar-refractivity contribution in [3.05, 3.63) is 23.9 Å². The van der Waals surface area contributed by atoms with Gasteiger partial charge in [-0.3, -0.25) is 4.79 Å². The van der Waals surface area contributed by atoms with Gasteiger partial charge in [-0.1, -0.05) is 0 Å². The van der Waals surface area contributed by atoms with Crippen LogP contribution in [-0.4, -0.2) is 47.6 Å². The second kappa shape index (κ2) is 6.02. The summed E-state index contributed by atoms with van der Waals surface area (Å²) in [6, 6.07) is 3.77. The first-order valence-electron chi connectivity index (χ1n) is 6.74. The zero-order chi connectivity index (χ0) is 13.8. The highest BCUT2D eigenvalue weighted by Gasteiger charge is 2.28. The van der Waals surface area contributed by atoms with Gasteiger partial charge in [-0.2, -0.15) is 0 Å². The molecule has 0 aliphatic carbocycles. The third kappa shape index (κ3) is 3.23. The molecule has 1 aromatic heterocycles. The molecule has 1 aliphatic heterocycles. The largest absolute Gasteiger partial charge is 0.375 e. The number of ether oxygens (including phenoxy) is 1. The molecule has 2 heterocycles. The molecule has 1 fully saturated rings. The van der Waals surface area contributed by atoms with Gasteiger partial charge in [0.2, 0.25) is 0 Å². The summed E-state index contributed by atoms with van der Waals surface area (Å²) in [6.45, 7) is 8.05. The Morgan fingerprint density at radius 3 is 2.95 bits per heavy atom. The van der Waals surface area contributed by atoms with Crippen LogP contribution >= 0.6 is 0 Å².